The molecule has 0 saturated carbocycles. The zero-order valence-corrected chi connectivity index (χ0v) is 17.5. The van der Waals surface area contributed by atoms with E-state index in [1.807, 2.05) is 52.0 Å². The molecule has 2 rings (SSSR count). The van der Waals surface area contributed by atoms with Gasteiger partial charge >= 0.3 is 5.97 Å². The minimum Gasteiger partial charge on any atom is -0.490 e. The van der Waals surface area contributed by atoms with E-state index in [-0.39, 0.29) is 12.5 Å². The fourth-order valence-corrected chi connectivity index (χ4v) is 2.96. The molecule has 0 saturated heterocycles. The number of carbonyl (C=O) groups excluding carboxylic acids is 2. The fraction of sp³-hybridized carbons (Fsp3) is 0.391. The molecule has 0 aliphatic rings. The zero-order valence-electron chi connectivity index (χ0n) is 17.5. The molecule has 0 heterocycles. The Bertz CT molecular complexity index is 827. The first-order valence-corrected chi connectivity index (χ1v) is 9.83. The van der Waals surface area contributed by atoms with Gasteiger partial charge in [0.05, 0.1) is 18.8 Å². The number of esters is 1. The number of rotatable bonds is 10. The van der Waals surface area contributed by atoms with Crippen LogP contribution in [0.25, 0.3) is 0 Å². The highest BCUT2D eigenvalue weighted by atomic mass is 16.5. The van der Waals surface area contributed by atoms with Crippen molar-refractivity contribution < 1.29 is 23.8 Å². The summed E-state index contributed by atoms with van der Waals surface area (Å²) in [6.07, 6.45) is 0.628. The number of nitrogens with one attached hydrogen (secondary N) is 1. The van der Waals surface area contributed by atoms with E-state index in [2.05, 4.69) is 5.32 Å². The Kier molecular flexibility index (Phi) is 8.52. The van der Waals surface area contributed by atoms with E-state index in [1.54, 1.807) is 12.1 Å². The lowest BCUT2D eigenvalue weighted by atomic mass is 10.1. The normalized spacial score (nSPS) is 10.3. The molecule has 0 aliphatic heterocycles. The second-order valence-corrected chi connectivity index (χ2v) is 6.70. The van der Waals surface area contributed by atoms with E-state index in [1.165, 1.54) is 0 Å². The summed E-state index contributed by atoms with van der Waals surface area (Å²) in [5.74, 6) is 0.569. The van der Waals surface area contributed by atoms with Gasteiger partial charge in [-0.05, 0) is 63.9 Å². The van der Waals surface area contributed by atoms with Gasteiger partial charge in [-0.1, -0.05) is 23.3 Å². The number of hydrogen-bond donors (Lipinski definition) is 1. The third kappa shape index (κ3) is 7.14. The van der Waals surface area contributed by atoms with Crippen molar-refractivity contribution in [2.24, 2.45) is 0 Å². The first-order valence-electron chi connectivity index (χ1n) is 9.83. The van der Waals surface area contributed by atoms with Gasteiger partial charge in [-0.15, -0.1) is 0 Å². The smallest absolute Gasteiger partial charge is 0.338 e. The molecule has 0 atom stereocenters. The summed E-state index contributed by atoms with van der Waals surface area (Å²) >= 11 is 0. The number of benzene rings is 2. The Hall–Kier alpha value is -3.02. The van der Waals surface area contributed by atoms with E-state index >= 15 is 0 Å². The molecular formula is C23H29NO5. The maximum Gasteiger partial charge on any atom is 0.338 e. The average Bonchev–Trinajstić information content (AvgIpc) is 2.67. The van der Waals surface area contributed by atoms with Gasteiger partial charge in [0.1, 0.15) is 0 Å². The Morgan fingerprint density at radius 3 is 2.21 bits per heavy atom. The van der Waals surface area contributed by atoms with Gasteiger partial charge in [0.15, 0.2) is 18.1 Å². The molecule has 0 unspecified atom stereocenters. The van der Waals surface area contributed by atoms with Crippen LogP contribution in [-0.4, -0.2) is 38.2 Å². The number of carbonyl (C=O) groups is 2. The molecule has 6 nitrogen and oxygen atoms in total. The molecule has 0 radical (unpaired) electrons. The first kappa shape index (κ1) is 22.3. The van der Waals surface area contributed by atoms with Crippen LogP contribution in [0.5, 0.6) is 11.5 Å². The molecular weight excluding hydrogens is 370 g/mol. The quantitative estimate of drug-likeness (QED) is 0.618. The zero-order chi connectivity index (χ0) is 21.2. The van der Waals surface area contributed by atoms with E-state index in [4.69, 9.17) is 14.2 Å². The SMILES string of the molecule is CCOc1ccc(CCNC(=O)COC(=O)c2cc(C)cc(C)c2)cc1OCC. The van der Waals surface area contributed by atoms with Crippen LogP contribution in [-0.2, 0) is 16.0 Å². The second kappa shape index (κ2) is 11.1. The molecule has 6 heteroatoms. The largest absolute Gasteiger partial charge is 0.490 e. The standard InChI is InChI=1S/C23H29NO5/c1-5-27-20-8-7-18(14-21(20)28-6-2)9-10-24-22(25)15-29-23(26)19-12-16(3)11-17(4)13-19/h7-8,11-14H,5-6,9-10,15H2,1-4H3,(H,24,25). The van der Waals surface area contributed by atoms with Gasteiger partial charge in [-0.2, -0.15) is 0 Å². The van der Waals surface area contributed by atoms with Crippen LogP contribution >= 0.6 is 0 Å². The molecule has 2 aromatic rings. The maximum absolute atomic E-state index is 12.1. The summed E-state index contributed by atoms with van der Waals surface area (Å²) in [5, 5.41) is 2.76. The Morgan fingerprint density at radius 2 is 1.55 bits per heavy atom. The highest BCUT2D eigenvalue weighted by molar-refractivity contribution is 5.91. The predicted molar refractivity (Wildman–Crippen MR) is 112 cm³/mol. The molecule has 1 amide bonds. The third-order valence-electron chi connectivity index (χ3n) is 4.14. The van der Waals surface area contributed by atoms with Gasteiger partial charge in [0.25, 0.3) is 5.91 Å². The summed E-state index contributed by atoms with van der Waals surface area (Å²) in [6.45, 7) is 8.90. The summed E-state index contributed by atoms with van der Waals surface area (Å²) in [5.41, 5.74) is 3.42. The lowest BCUT2D eigenvalue weighted by Crippen LogP contribution is -2.30. The van der Waals surface area contributed by atoms with Crippen LogP contribution < -0.4 is 14.8 Å². The minimum atomic E-state index is -0.500. The van der Waals surface area contributed by atoms with Gasteiger partial charge in [-0.3, -0.25) is 4.79 Å². The first-order chi connectivity index (χ1) is 13.9. The number of amides is 1. The second-order valence-electron chi connectivity index (χ2n) is 6.70. The maximum atomic E-state index is 12.1. The fourth-order valence-electron chi connectivity index (χ4n) is 2.96. The van der Waals surface area contributed by atoms with Crippen LogP contribution in [0.2, 0.25) is 0 Å². The summed E-state index contributed by atoms with van der Waals surface area (Å²) in [6, 6.07) is 11.2. The molecule has 0 aliphatic carbocycles. The average molecular weight is 399 g/mol. The molecule has 0 spiro atoms. The van der Waals surface area contributed by atoms with Crippen molar-refractivity contribution in [3.63, 3.8) is 0 Å². The van der Waals surface area contributed by atoms with Gasteiger partial charge in [0.2, 0.25) is 0 Å². The summed E-state index contributed by atoms with van der Waals surface area (Å²) in [7, 11) is 0. The molecule has 29 heavy (non-hydrogen) atoms. The van der Waals surface area contributed by atoms with Crippen molar-refractivity contribution in [1.29, 1.82) is 0 Å². The predicted octanol–water partition coefficient (Wildman–Crippen LogP) is 3.62. The molecule has 0 fully saturated rings. The number of aryl methyl sites for hydroxylation is 2. The Balaban J connectivity index is 1.80. The van der Waals surface area contributed by atoms with Crippen molar-refractivity contribution in [3.05, 3.63) is 58.7 Å². The van der Waals surface area contributed by atoms with E-state index in [0.29, 0.717) is 43.2 Å². The minimum absolute atomic E-state index is 0.306. The summed E-state index contributed by atoms with van der Waals surface area (Å²) in [4.78, 5) is 24.1. The van der Waals surface area contributed by atoms with E-state index in [0.717, 1.165) is 16.7 Å². The van der Waals surface area contributed by atoms with Crippen molar-refractivity contribution >= 4 is 11.9 Å². The molecule has 1 N–H and O–H groups in total. The van der Waals surface area contributed by atoms with Crippen LogP contribution in [0.3, 0.4) is 0 Å². The monoisotopic (exact) mass is 399 g/mol. The van der Waals surface area contributed by atoms with Crippen LogP contribution in [0.15, 0.2) is 36.4 Å². The van der Waals surface area contributed by atoms with Crippen molar-refractivity contribution in [3.8, 4) is 11.5 Å². The Labute approximate surface area is 172 Å². The van der Waals surface area contributed by atoms with Crippen LogP contribution in [0.1, 0.15) is 40.9 Å². The lowest BCUT2D eigenvalue weighted by Gasteiger charge is -2.12. The van der Waals surface area contributed by atoms with Gasteiger partial charge < -0.3 is 19.5 Å². The molecule has 0 aromatic heterocycles. The van der Waals surface area contributed by atoms with Crippen molar-refractivity contribution in [1.82, 2.24) is 5.32 Å². The van der Waals surface area contributed by atoms with E-state index < -0.39 is 5.97 Å². The molecule has 0 bridgehead atoms. The van der Waals surface area contributed by atoms with E-state index in [9.17, 15) is 9.59 Å². The highest BCUT2D eigenvalue weighted by Crippen LogP contribution is 2.28. The number of hydrogen-bond acceptors (Lipinski definition) is 5. The van der Waals surface area contributed by atoms with Gasteiger partial charge in [-0.25, -0.2) is 4.79 Å². The van der Waals surface area contributed by atoms with Crippen LogP contribution in [0.4, 0.5) is 0 Å². The van der Waals surface area contributed by atoms with Gasteiger partial charge in [0, 0.05) is 6.54 Å². The number of ether oxygens (including phenoxy) is 3. The van der Waals surface area contributed by atoms with Crippen LogP contribution in [0, 0.1) is 13.8 Å². The Morgan fingerprint density at radius 1 is 0.897 bits per heavy atom. The highest BCUT2D eigenvalue weighted by Gasteiger charge is 2.11. The molecule has 156 valence electrons. The topological polar surface area (TPSA) is 73.9 Å². The third-order valence-corrected chi connectivity index (χ3v) is 4.14. The lowest BCUT2D eigenvalue weighted by molar-refractivity contribution is -0.124. The summed E-state index contributed by atoms with van der Waals surface area (Å²) < 4.78 is 16.3. The van der Waals surface area contributed by atoms with Crippen molar-refractivity contribution in [2.45, 2.75) is 34.1 Å². The molecule has 2 aromatic carbocycles. The van der Waals surface area contributed by atoms with Crippen molar-refractivity contribution in [2.75, 3.05) is 26.4 Å².